The maximum atomic E-state index is 2.52. The van der Waals surface area contributed by atoms with E-state index < -0.39 is 0 Å². The van der Waals surface area contributed by atoms with Crippen LogP contribution in [0.5, 0.6) is 0 Å². The molecule has 79 heavy (non-hydrogen) atoms. The summed E-state index contributed by atoms with van der Waals surface area (Å²) in [6.07, 6.45) is 36.3. The predicted octanol–water partition coefficient (Wildman–Crippen LogP) is 27.7. The van der Waals surface area contributed by atoms with E-state index in [1.165, 1.54) is 135 Å². The molecule has 0 radical (unpaired) electrons. The van der Waals surface area contributed by atoms with Crippen molar-refractivity contribution in [2.75, 3.05) is 0 Å². The van der Waals surface area contributed by atoms with Gasteiger partial charge in [-0.2, -0.15) is 0 Å². The van der Waals surface area contributed by atoms with Crippen LogP contribution in [0.4, 0.5) is 0 Å². The fourth-order valence-corrected chi connectivity index (χ4v) is 16.6. The second-order valence-electron chi connectivity index (χ2n) is 34.7. The molecule has 0 saturated heterocycles. The maximum Gasteiger partial charge on any atom is -0.0383 e. The van der Waals surface area contributed by atoms with Crippen molar-refractivity contribution in [1.82, 2.24) is 0 Å². The smallest absolute Gasteiger partial charge is 0.0383 e. The Morgan fingerprint density at radius 3 is 0.494 bits per heavy atom. The van der Waals surface area contributed by atoms with E-state index in [1.807, 2.05) is 0 Å². The van der Waals surface area contributed by atoms with E-state index in [0.29, 0.717) is 0 Å². The van der Waals surface area contributed by atoms with Gasteiger partial charge in [0.2, 0.25) is 0 Å². The quantitative estimate of drug-likeness (QED) is 0.0572. The summed E-state index contributed by atoms with van der Waals surface area (Å²) in [5, 5.41) is 0. The normalized spacial score (nSPS) is 18.0. The van der Waals surface area contributed by atoms with Gasteiger partial charge in [-0.3, -0.25) is 0 Å². The molecule has 0 spiro atoms. The van der Waals surface area contributed by atoms with Crippen molar-refractivity contribution in [3.05, 3.63) is 0 Å². The van der Waals surface area contributed by atoms with E-state index in [9.17, 15) is 0 Å². The minimum Gasteiger partial charge on any atom is -0.0651 e. The maximum absolute atomic E-state index is 2.52. The Bertz CT molecular complexity index is 1040. The van der Waals surface area contributed by atoms with E-state index in [4.69, 9.17) is 0 Å². The molecule has 4 atom stereocenters. The lowest BCUT2D eigenvalue weighted by Gasteiger charge is -2.36. The third kappa shape index (κ3) is 48.9. The van der Waals surface area contributed by atoms with Gasteiger partial charge >= 0.3 is 0 Å². The van der Waals surface area contributed by atoms with Crippen LogP contribution in [0, 0.1) is 148 Å². The molecule has 0 amide bonds. The standard InChI is InChI=1S/3C22H46.C13H24/c3*1-16(2)10-21(11-17(3)4)14-20(9)15-22(12-18(5)6)13-19(7)8;1-3-10-5-6-12(10)7-8-13-9-11(13)4-2/h3*16-22H,10-15H2,1-9H3;10-13H,3-9H2,1-2H3. The Morgan fingerprint density at radius 2 is 0.367 bits per heavy atom. The summed E-state index contributed by atoms with van der Waals surface area (Å²) in [6, 6.07) is 0. The molecule has 0 aromatic rings. The van der Waals surface area contributed by atoms with Crippen LogP contribution in [0.2, 0.25) is 0 Å². The molecule has 2 saturated carbocycles. The van der Waals surface area contributed by atoms with Gasteiger partial charge in [-0.1, -0.05) is 214 Å². The number of hydrogen-bond acceptors (Lipinski definition) is 0. The van der Waals surface area contributed by atoms with Crippen molar-refractivity contribution in [3.63, 3.8) is 0 Å². The topological polar surface area (TPSA) is 0 Å². The van der Waals surface area contributed by atoms with Gasteiger partial charge < -0.3 is 0 Å². The summed E-state index contributed by atoms with van der Waals surface area (Å²) in [4.78, 5) is 0. The van der Waals surface area contributed by atoms with Crippen LogP contribution in [0.25, 0.3) is 0 Å². The molecule has 0 bridgehead atoms. The molecular weight excluding hydrogens is 949 g/mol. The first-order valence-electron chi connectivity index (χ1n) is 36.6. The summed E-state index contributed by atoms with van der Waals surface area (Å²) in [7, 11) is 0. The molecule has 4 unspecified atom stereocenters. The van der Waals surface area contributed by atoms with Gasteiger partial charge in [-0.15, -0.1) is 0 Å². The molecular formula is C79H162. The van der Waals surface area contributed by atoms with Crippen molar-refractivity contribution in [2.45, 2.75) is 361 Å². The van der Waals surface area contributed by atoms with Crippen LogP contribution in [0.1, 0.15) is 361 Å². The molecule has 0 heteroatoms. The SMILES string of the molecule is CC(C)CC(CC(C)C)CC(C)CC(CC(C)C)CC(C)C.CC(C)CC(CC(C)C)CC(C)CC(CC(C)C)CC(C)C.CC(C)CC(CC(C)C)CC(C)CC(CC(C)C)CC(C)C.CCC1CCC1CCC1CC1CC. The summed E-state index contributed by atoms with van der Waals surface area (Å²) in [5.74, 6) is 23.0. The van der Waals surface area contributed by atoms with Gasteiger partial charge in [0.1, 0.15) is 0 Å². The lowest BCUT2D eigenvalue weighted by molar-refractivity contribution is 0.153. The summed E-state index contributed by atoms with van der Waals surface area (Å²) in [5.41, 5.74) is 0. The van der Waals surface area contributed by atoms with Crippen LogP contribution in [-0.4, -0.2) is 0 Å². The fourth-order valence-electron chi connectivity index (χ4n) is 16.6. The van der Waals surface area contributed by atoms with Crippen molar-refractivity contribution < 1.29 is 0 Å². The average molecular weight is 1110 g/mol. The van der Waals surface area contributed by atoms with Crippen LogP contribution in [0.3, 0.4) is 0 Å². The van der Waals surface area contributed by atoms with Crippen LogP contribution in [-0.2, 0) is 0 Å². The third-order valence-corrected chi connectivity index (χ3v) is 18.7. The Kier molecular flexibility index (Phi) is 47.5. The Morgan fingerprint density at radius 1 is 0.203 bits per heavy atom. The lowest BCUT2D eigenvalue weighted by atomic mass is 9.70. The summed E-state index contributed by atoms with van der Waals surface area (Å²) in [6.45, 7) is 69.6. The zero-order chi connectivity index (χ0) is 61.1. The molecule has 478 valence electrons. The summed E-state index contributed by atoms with van der Waals surface area (Å²) < 4.78 is 0. The molecule has 2 rings (SSSR count). The monoisotopic (exact) mass is 1110 g/mol. The van der Waals surface area contributed by atoms with Crippen molar-refractivity contribution in [2.24, 2.45) is 148 Å². The van der Waals surface area contributed by atoms with Crippen molar-refractivity contribution in [3.8, 4) is 0 Å². The molecule has 0 heterocycles. The second kappa shape index (κ2) is 46.2. The highest BCUT2D eigenvalue weighted by Crippen LogP contribution is 2.48. The molecule has 0 N–H and O–H groups in total. The van der Waals surface area contributed by atoms with E-state index in [-0.39, 0.29) is 0 Å². The molecule has 2 fully saturated rings. The van der Waals surface area contributed by atoms with Gasteiger partial charge in [0, 0.05) is 0 Å². The molecule has 0 nitrogen and oxygen atoms in total. The van der Waals surface area contributed by atoms with Crippen LogP contribution < -0.4 is 0 Å². The molecule has 2 aliphatic rings. The number of rotatable bonds is 41. The largest absolute Gasteiger partial charge is 0.0651 e. The fraction of sp³-hybridized carbons (Fsp3) is 1.00. The lowest BCUT2D eigenvalue weighted by Crippen LogP contribution is -2.25. The molecule has 0 aromatic carbocycles. The van der Waals surface area contributed by atoms with E-state index >= 15 is 0 Å². The highest BCUT2D eigenvalue weighted by atomic mass is 14.4. The predicted molar refractivity (Wildman–Crippen MR) is 367 cm³/mol. The van der Waals surface area contributed by atoms with E-state index in [0.717, 1.165) is 148 Å². The number of hydrogen-bond donors (Lipinski definition) is 0. The van der Waals surface area contributed by atoms with Gasteiger partial charge in [0.25, 0.3) is 0 Å². The zero-order valence-corrected chi connectivity index (χ0v) is 61.1. The third-order valence-electron chi connectivity index (χ3n) is 18.7. The summed E-state index contributed by atoms with van der Waals surface area (Å²) >= 11 is 0. The van der Waals surface area contributed by atoms with Gasteiger partial charge in [0.05, 0.1) is 0 Å². The van der Waals surface area contributed by atoms with Gasteiger partial charge in [-0.05, 0) is 296 Å². The first kappa shape index (κ1) is 81.1. The zero-order valence-electron chi connectivity index (χ0n) is 61.1. The minimum atomic E-state index is 0.845. The molecule has 2 aliphatic carbocycles. The Hall–Kier alpha value is 0. The first-order valence-corrected chi connectivity index (χ1v) is 36.6. The Balaban J connectivity index is 0. The molecule has 0 aromatic heterocycles. The minimum absolute atomic E-state index is 0.845. The highest BCUT2D eigenvalue weighted by molar-refractivity contribution is 4.88. The van der Waals surface area contributed by atoms with Crippen LogP contribution in [0.15, 0.2) is 0 Å². The average Bonchev–Trinajstić information content (AvgIpc) is 3.99. The second-order valence-corrected chi connectivity index (χ2v) is 34.7. The molecule has 0 aliphatic heterocycles. The van der Waals surface area contributed by atoms with Crippen LogP contribution >= 0.6 is 0 Å². The van der Waals surface area contributed by atoms with E-state index in [1.54, 1.807) is 25.7 Å². The van der Waals surface area contributed by atoms with E-state index in [2.05, 4.69) is 201 Å². The van der Waals surface area contributed by atoms with Gasteiger partial charge in [-0.25, -0.2) is 0 Å². The Labute approximate surface area is 506 Å². The van der Waals surface area contributed by atoms with Crippen molar-refractivity contribution >= 4 is 0 Å². The van der Waals surface area contributed by atoms with Gasteiger partial charge in [0.15, 0.2) is 0 Å². The van der Waals surface area contributed by atoms with Crippen molar-refractivity contribution in [1.29, 1.82) is 0 Å². The highest BCUT2D eigenvalue weighted by Gasteiger charge is 2.37. The first-order chi connectivity index (χ1) is 36.6.